The van der Waals surface area contributed by atoms with Gasteiger partial charge in [-0.3, -0.25) is 14.6 Å². The van der Waals surface area contributed by atoms with Gasteiger partial charge in [0, 0.05) is 32.1 Å². The lowest BCUT2D eigenvalue weighted by molar-refractivity contribution is -0.125. The van der Waals surface area contributed by atoms with Gasteiger partial charge in [-0.15, -0.1) is 0 Å². The van der Waals surface area contributed by atoms with Crippen LogP contribution in [0.15, 0.2) is 54.6 Å². The number of nitrogens with one attached hydrogen (secondary N) is 1. The Balaban J connectivity index is 1.45. The smallest absolute Gasteiger partial charge is 0.324 e. The highest BCUT2D eigenvalue weighted by Crippen LogP contribution is 2.33. The molecule has 5 heteroatoms. The third-order valence-corrected chi connectivity index (χ3v) is 5.26. The van der Waals surface area contributed by atoms with E-state index in [0.29, 0.717) is 12.5 Å². The van der Waals surface area contributed by atoms with E-state index in [1.165, 1.54) is 21.6 Å². The number of nitrogens with zero attached hydrogens (tertiary/aromatic N) is 2. The van der Waals surface area contributed by atoms with Crippen LogP contribution in [0.3, 0.4) is 0 Å². The van der Waals surface area contributed by atoms with E-state index in [1.807, 2.05) is 6.07 Å². The number of amides is 3. The first-order valence-corrected chi connectivity index (χ1v) is 9.15. The van der Waals surface area contributed by atoms with Crippen molar-refractivity contribution in [1.82, 2.24) is 15.1 Å². The van der Waals surface area contributed by atoms with Crippen LogP contribution < -0.4 is 5.32 Å². The average molecular weight is 349 g/mol. The first-order chi connectivity index (χ1) is 12.7. The molecule has 3 amide bonds. The summed E-state index contributed by atoms with van der Waals surface area (Å²) in [4.78, 5) is 27.1. The number of urea groups is 1. The Morgan fingerprint density at radius 2 is 1.73 bits per heavy atom. The van der Waals surface area contributed by atoms with Gasteiger partial charge in [-0.25, -0.2) is 4.79 Å². The minimum absolute atomic E-state index is 0.124. The van der Waals surface area contributed by atoms with Crippen molar-refractivity contribution in [3.63, 3.8) is 0 Å². The maximum Gasteiger partial charge on any atom is 0.324 e. The Kier molecular flexibility index (Phi) is 4.71. The first-order valence-electron chi connectivity index (χ1n) is 9.15. The minimum atomic E-state index is -0.263. The van der Waals surface area contributed by atoms with Crippen molar-refractivity contribution < 1.29 is 9.59 Å². The number of carbonyl (C=O) groups excluding carboxylic acids is 2. The van der Waals surface area contributed by atoms with Crippen molar-refractivity contribution in [2.45, 2.75) is 18.9 Å². The molecule has 2 aromatic rings. The van der Waals surface area contributed by atoms with Crippen molar-refractivity contribution in [3.8, 4) is 0 Å². The molecule has 2 heterocycles. The van der Waals surface area contributed by atoms with Gasteiger partial charge >= 0.3 is 6.03 Å². The van der Waals surface area contributed by atoms with Crippen LogP contribution in [0, 0.1) is 0 Å². The predicted molar refractivity (Wildman–Crippen MR) is 99.7 cm³/mol. The quantitative estimate of drug-likeness (QED) is 0.844. The van der Waals surface area contributed by atoms with Gasteiger partial charge < -0.3 is 5.32 Å². The second kappa shape index (κ2) is 7.30. The number of benzene rings is 2. The van der Waals surface area contributed by atoms with Gasteiger partial charge in [0.05, 0.1) is 6.54 Å². The van der Waals surface area contributed by atoms with Gasteiger partial charge in [0.1, 0.15) is 0 Å². The van der Waals surface area contributed by atoms with Crippen LogP contribution in [0.2, 0.25) is 0 Å². The van der Waals surface area contributed by atoms with Crippen LogP contribution in [0.1, 0.15) is 29.0 Å². The zero-order chi connectivity index (χ0) is 17.9. The van der Waals surface area contributed by atoms with Crippen molar-refractivity contribution >= 4 is 11.9 Å². The predicted octanol–water partition coefficient (Wildman–Crippen LogP) is 2.58. The molecule has 0 unspecified atom stereocenters. The molecule has 0 saturated carbocycles. The standard InChI is InChI=1S/C21H23N3O2/c25-20-13-22-21(26)24(20)12-6-11-23-14-17-9-4-5-10-18(17)19(15-23)16-7-2-1-3-8-16/h1-5,7-10,19H,6,11-15H2,(H,22,26)/t19-/m1/s1. The topological polar surface area (TPSA) is 52.7 Å². The Morgan fingerprint density at radius 3 is 2.50 bits per heavy atom. The summed E-state index contributed by atoms with van der Waals surface area (Å²) in [6, 6.07) is 19.0. The monoisotopic (exact) mass is 349 g/mol. The van der Waals surface area contributed by atoms with Gasteiger partial charge in [-0.2, -0.15) is 0 Å². The number of hydrogen-bond donors (Lipinski definition) is 1. The van der Waals surface area contributed by atoms with E-state index in [9.17, 15) is 9.59 Å². The lowest BCUT2D eigenvalue weighted by atomic mass is 9.84. The summed E-state index contributed by atoms with van der Waals surface area (Å²) in [5.41, 5.74) is 4.10. The van der Waals surface area contributed by atoms with Gasteiger partial charge in [-0.05, 0) is 23.1 Å². The molecule has 1 fully saturated rings. The maximum absolute atomic E-state index is 11.7. The summed E-state index contributed by atoms with van der Waals surface area (Å²) >= 11 is 0. The lowest BCUT2D eigenvalue weighted by Crippen LogP contribution is -2.37. The molecule has 2 aliphatic rings. The molecule has 2 aliphatic heterocycles. The second-order valence-electron chi connectivity index (χ2n) is 6.95. The molecule has 0 spiro atoms. The highest BCUT2D eigenvalue weighted by atomic mass is 16.2. The van der Waals surface area contributed by atoms with E-state index in [-0.39, 0.29) is 18.5 Å². The van der Waals surface area contributed by atoms with Gasteiger partial charge in [0.15, 0.2) is 0 Å². The molecule has 2 aromatic carbocycles. The van der Waals surface area contributed by atoms with Crippen LogP contribution in [-0.4, -0.2) is 47.9 Å². The number of fused-ring (bicyclic) bond motifs is 1. The highest BCUT2D eigenvalue weighted by molar-refractivity contribution is 6.01. The van der Waals surface area contributed by atoms with Gasteiger partial charge in [0.25, 0.3) is 0 Å². The molecule has 26 heavy (non-hydrogen) atoms. The van der Waals surface area contributed by atoms with E-state index in [1.54, 1.807) is 0 Å². The van der Waals surface area contributed by atoms with Crippen molar-refractivity contribution in [2.75, 3.05) is 26.2 Å². The van der Waals surface area contributed by atoms with Crippen molar-refractivity contribution in [3.05, 3.63) is 71.3 Å². The molecule has 5 nitrogen and oxygen atoms in total. The normalized spacial score (nSPS) is 20.2. The molecule has 4 rings (SSSR count). The molecule has 0 radical (unpaired) electrons. The van der Waals surface area contributed by atoms with Crippen LogP contribution in [-0.2, 0) is 11.3 Å². The lowest BCUT2D eigenvalue weighted by Gasteiger charge is -2.35. The summed E-state index contributed by atoms with van der Waals surface area (Å²) in [5, 5.41) is 2.57. The van der Waals surface area contributed by atoms with Crippen LogP contribution in [0.25, 0.3) is 0 Å². The van der Waals surface area contributed by atoms with E-state index in [4.69, 9.17) is 0 Å². The zero-order valence-corrected chi connectivity index (χ0v) is 14.7. The number of imide groups is 1. The third kappa shape index (κ3) is 3.35. The summed E-state index contributed by atoms with van der Waals surface area (Å²) < 4.78 is 0. The molecule has 0 bridgehead atoms. The Hall–Kier alpha value is -2.66. The number of rotatable bonds is 5. The molecule has 1 saturated heterocycles. The van der Waals surface area contributed by atoms with E-state index in [0.717, 1.165) is 26.1 Å². The van der Waals surface area contributed by atoms with Gasteiger partial charge in [-0.1, -0.05) is 54.6 Å². The minimum Gasteiger partial charge on any atom is -0.329 e. The zero-order valence-electron chi connectivity index (χ0n) is 14.7. The fourth-order valence-electron chi connectivity index (χ4n) is 3.95. The molecule has 1 N–H and O–H groups in total. The molecule has 134 valence electrons. The number of hydrogen-bond acceptors (Lipinski definition) is 3. The van der Waals surface area contributed by atoms with Gasteiger partial charge in [0.2, 0.25) is 5.91 Å². The summed E-state index contributed by atoms with van der Waals surface area (Å²) in [6.07, 6.45) is 0.794. The Bertz CT molecular complexity index is 790. The average Bonchev–Trinajstić information content (AvgIpc) is 3.00. The van der Waals surface area contributed by atoms with E-state index in [2.05, 4.69) is 58.7 Å². The molecular weight excluding hydrogens is 326 g/mol. The van der Waals surface area contributed by atoms with Crippen molar-refractivity contribution in [1.29, 1.82) is 0 Å². The number of carbonyl (C=O) groups is 2. The first kappa shape index (κ1) is 16.8. The third-order valence-electron chi connectivity index (χ3n) is 5.26. The maximum atomic E-state index is 11.7. The molecular formula is C21H23N3O2. The fraction of sp³-hybridized carbons (Fsp3) is 0.333. The summed E-state index contributed by atoms with van der Waals surface area (Å²) in [6.45, 7) is 3.36. The van der Waals surface area contributed by atoms with E-state index < -0.39 is 0 Å². The molecule has 1 atom stereocenters. The SMILES string of the molecule is O=C1CNC(=O)N1CCCN1Cc2ccccc2[C@@H](c2ccccc2)C1. The largest absolute Gasteiger partial charge is 0.329 e. The van der Waals surface area contributed by atoms with Crippen molar-refractivity contribution in [2.24, 2.45) is 0 Å². The summed E-state index contributed by atoms with van der Waals surface area (Å²) in [7, 11) is 0. The second-order valence-corrected chi connectivity index (χ2v) is 6.95. The van der Waals surface area contributed by atoms with Crippen LogP contribution in [0.5, 0.6) is 0 Å². The summed E-state index contributed by atoms with van der Waals surface area (Å²) in [5.74, 6) is 0.235. The molecule has 0 aromatic heterocycles. The Labute approximate surface area is 153 Å². The van der Waals surface area contributed by atoms with E-state index >= 15 is 0 Å². The van der Waals surface area contributed by atoms with Crippen LogP contribution >= 0.6 is 0 Å². The van der Waals surface area contributed by atoms with Crippen LogP contribution in [0.4, 0.5) is 4.79 Å². The Morgan fingerprint density at radius 1 is 0.962 bits per heavy atom. The fourth-order valence-corrected chi connectivity index (χ4v) is 3.95. The highest BCUT2D eigenvalue weighted by Gasteiger charge is 2.29. The molecule has 0 aliphatic carbocycles.